The van der Waals surface area contributed by atoms with Crippen molar-refractivity contribution in [1.82, 2.24) is 5.32 Å². The summed E-state index contributed by atoms with van der Waals surface area (Å²) in [6, 6.07) is 0.601. The van der Waals surface area contributed by atoms with E-state index >= 15 is 0 Å². The van der Waals surface area contributed by atoms with Crippen LogP contribution in [0.15, 0.2) is 0 Å². The second-order valence-electron chi connectivity index (χ2n) is 1.97. The highest BCUT2D eigenvalue weighted by Crippen LogP contribution is 2.12. The van der Waals surface area contributed by atoms with Crippen molar-refractivity contribution in [2.24, 2.45) is 0 Å². The average Bonchev–Trinajstić information content (AvgIpc) is 1.64. The van der Waals surface area contributed by atoms with E-state index < -0.39 is 0 Å². The van der Waals surface area contributed by atoms with Crippen LogP contribution in [0.25, 0.3) is 0 Å². The zero-order valence-electron chi connectivity index (χ0n) is 4.81. The molecule has 0 saturated carbocycles. The molecular formula is C5H9NS2. The molecule has 0 aromatic rings. The summed E-state index contributed by atoms with van der Waals surface area (Å²) in [5.41, 5.74) is 0. The quantitative estimate of drug-likeness (QED) is 0.520. The lowest BCUT2D eigenvalue weighted by Gasteiger charge is -2.20. The molecule has 0 aromatic heterocycles. The highest BCUT2D eigenvalue weighted by molar-refractivity contribution is 8.23. The van der Waals surface area contributed by atoms with Crippen molar-refractivity contribution in [3.63, 3.8) is 0 Å². The van der Waals surface area contributed by atoms with E-state index in [1.165, 1.54) is 12.2 Å². The Bertz CT molecular complexity index is 103. The number of hydrogen-bond acceptors (Lipinski definition) is 2. The lowest BCUT2D eigenvalue weighted by atomic mass is 10.3. The highest BCUT2D eigenvalue weighted by Gasteiger charge is 2.09. The Hall–Kier alpha value is 0.240. The molecular weight excluding hydrogens is 138 g/mol. The summed E-state index contributed by atoms with van der Waals surface area (Å²) in [6.07, 6.45) is 1.24. The van der Waals surface area contributed by atoms with Gasteiger partial charge in [0.25, 0.3) is 0 Å². The standard InChI is InChI=1S/C5H9NS2/c1-4-2-3-8-5(7)6-4/h4H,2-3H2,1H3,(H,6,7). The van der Waals surface area contributed by atoms with Gasteiger partial charge in [0.05, 0.1) is 0 Å². The first-order valence-corrected chi connectivity index (χ1v) is 4.12. The van der Waals surface area contributed by atoms with Crippen molar-refractivity contribution < 1.29 is 0 Å². The van der Waals surface area contributed by atoms with Gasteiger partial charge in [0.15, 0.2) is 0 Å². The van der Waals surface area contributed by atoms with E-state index in [0.29, 0.717) is 6.04 Å². The first kappa shape index (κ1) is 6.36. The molecule has 1 atom stereocenters. The summed E-state index contributed by atoms with van der Waals surface area (Å²) in [7, 11) is 0. The monoisotopic (exact) mass is 147 g/mol. The van der Waals surface area contributed by atoms with Crippen LogP contribution in [-0.2, 0) is 0 Å². The third-order valence-electron chi connectivity index (χ3n) is 1.15. The van der Waals surface area contributed by atoms with Crippen LogP contribution in [0.2, 0.25) is 0 Å². The van der Waals surface area contributed by atoms with Crippen LogP contribution in [0.4, 0.5) is 0 Å². The molecule has 1 fully saturated rings. The smallest absolute Gasteiger partial charge is 0.133 e. The molecule has 1 unspecified atom stereocenters. The molecule has 3 heteroatoms. The summed E-state index contributed by atoms with van der Waals surface area (Å²) >= 11 is 6.68. The number of hydrogen-bond donors (Lipinski definition) is 1. The van der Waals surface area contributed by atoms with Gasteiger partial charge in [-0.05, 0) is 13.3 Å². The van der Waals surface area contributed by atoms with Crippen LogP contribution in [0.5, 0.6) is 0 Å². The largest absolute Gasteiger partial charge is 0.369 e. The Morgan fingerprint density at radius 3 is 3.00 bits per heavy atom. The van der Waals surface area contributed by atoms with Gasteiger partial charge in [0, 0.05) is 11.8 Å². The van der Waals surface area contributed by atoms with Crippen molar-refractivity contribution in [3.05, 3.63) is 0 Å². The SMILES string of the molecule is CC1CCSC(=S)N1. The number of nitrogens with one attached hydrogen (secondary N) is 1. The van der Waals surface area contributed by atoms with Gasteiger partial charge in [0.1, 0.15) is 4.32 Å². The molecule has 1 aliphatic heterocycles. The highest BCUT2D eigenvalue weighted by atomic mass is 32.2. The number of thiocarbonyl (C=S) groups is 1. The molecule has 8 heavy (non-hydrogen) atoms. The summed E-state index contributed by atoms with van der Waals surface area (Å²) in [5, 5.41) is 3.17. The van der Waals surface area contributed by atoms with E-state index in [0.717, 1.165) is 4.32 Å². The number of rotatable bonds is 0. The lowest BCUT2D eigenvalue weighted by Crippen LogP contribution is -2.33. The summed E-state index contributed by atoms with van der Waals surface area (Å²) in [5.74, 6) is 1.19. The minimum absolute atomic E-state index is 0.601. The van der Waals surface area contributed by atoms with Crippen LogP contribution < -0.4 is 5.32 Å². The molecule has 0 bridgehead atoms. The van der Waals surface area contributed by atoms with E-state index in [4.69, 9.17) is 12.2 Å². The van der Waals surface area contributed by atoms with Gasteiger partial charge in [0.2, 0.25) is 0 Å². The minimum Gasteiger partial charge on any atom is -0.369 e. The van der Waals surface area contributed by atoms with Gasteiger partial charge in [-0.25, -0.2) is 0 Å². The Kier molecular flexibility index (Phi) is 2.14. The van der Waals surface area contributed by atoms with E-state index in [-0.39, 0.29) is 0 Å². The molecule has 46 valence electrons. The van der Waals surface area contributed by atoms with Gasteiger partial charge in [-0.15, -0.1) is 0 Å². The lowest BCUT2D eigenvalue weighted by molar-refractivity contribution is 0.649. The third-order valence-corrected chi connectivity index (χ3v) is 2.44. The van der Waals surface area contributed by atoms with E-state index in [1.54, 1.807) is 11.8 Å². The van der Waals surface area contributed by atoms with Crippen molar-refractivity contribution >= 4 is 28.3 Å². The van der Waals surface area contributed by atoms with Crippen molar-refractivity contribution in [3.8, 4) is 0 Å². The maximum atomic E-state index is 4.93. The summed E-state index contributed by atoms with van der Waals surface area (Å²) in [4.78, 5) is 0. The molecule has 1 rings (SSSR count). The van der Waals surface area contributed by atoms with Crippen molar-refractivity contribution in [2.75, 3.05) is 5.75 Å². The fraction of sp³-hybridized carbons (Fsp3) is 0.800. The van der Waals surface area contributed by atoms with Crippen molar-refractivity contribution in [2.45, 2.75) is 19.4 Å². The average molecular weight is 147 g/mol. The van der Waals surface area contributed by atoms with Crippen LogP contribution in [0.1, 0.15) is 13.3 Å². The van der Waals surface area contributed by atoms with Crippen LogP contribution >= 0.6 is 24.0 Å². The van der Waals surface area contributed by atoms with E-state index in [2.05, 4.69) is 12.2 Å². The Balaban J connectivity index is 2.34. The predicted octanol–water partition coefficient (Wildman–Crippen LogP) is 1.39. The Morgan fingerprint density at radius 1 is 1.88 bits per heavy atom. The molecule has 0 aromatic carbocycles. The van der Waals surface area contributed by atoms with Gasteiger partial charge < -0.3 is 5.32 Å². The summed E-state index contributed by atoms with van der Waals surface area (Å²) in [6.45, 7) is 2.16. The molecule has 1 saturated heterocycles. The molecule has 0 spiro atoms. The van der Waals surface area contributed by atoms with Gasteiger partial charge >= 0.3 is 0 Å². The maximum Gasteiger partial charge on any atom is 0.133 e. The number of thioether (sulfide) groups is 1. The van der Waals surface area contributed by atoms with Gasteiger partial charge in [-0.3, -0.25) is 0 Å². The fourth-order valence-corrected chi connectivity index (χ4v) is 2.04. The zero-order valence-corrected chi connectivity index (χ0v) is 6.44. The topological polar surface area (TPSA) is 12.0 Å². The van der Waals surface area contributed by atoms with E-state index in [9.17, 15) is 0 Å². The predicted molar refractivity (Wildman–Crippen MR) is 42.3 cm³/mol. The maximum absolute atomic E-state index is 4.93. The molecule has 1 aliphatic rings. The van der Waals surface area contributed by atoms with Gasteiger partial charge in [-0.1, -0.05) is 24.0 Å². The molecule has 1 N–H and O–H groups in total. The molecule has 1 heterocycles. The molecule has 0 amide bonds. The minimum atomic E-state index is 0.601. The zero-order chi connectivity index (χ0) is 5.98. The first-order chi connectivity index (χ1) is 3.79. The molecule has 1 nitrogen and oxygen atoms in total. The first-order valence-electron chi connectivity index (χ1n) is 2.72. The van der Waals surface area contributed by atoms with Crippen LogP contribution in [0, 0.1) is 0 Å². The molecule has 0 radical (unpaired) electrons. The van der Waals surface area contributed by atoms with Gasteiger partial charge in [-0.2, -0.15) is 0 Å². The normalized spacial score (nSPS) is 29.6. The molecule has 0 aliphatic carbocycles. The Labute approximate surface area is 59.2 Å². The van der Waals surface area contributed by atoms with E-state index in [1.807, 2.05) is 0 Å². The van der Waals surface area contributed by atoms with Crippen LogP contribution in [0.3, 0.4) is 0 Å². The second kappa shape index (κ2) is 2.69. The Morgan fingerprint density at radius 2 is 2.62 bits per heavy atom. The van der Waals surface area contributed by atoms with Crippen LogP contribution in [-0.4, -0.2) is 16.1 Å². The fourth-order valence-electron chi connectivity index (χ4n) is 0.643. The van der Waals surface area contributed by atoms with Crippen molar-refractivity contribution in [1.29, 1.82) is 0 Å². The second-order valence-corrected chi connectivity index (χ2v) is 3.74. The third kappa shape index (κ3) is 1.63. The summed E-state index contributed by atoms with van der Waals surface area (Å²) < 4.78 is 0.962.